The highest BCUT2D eigenvalue weighted by atomic mass is 19.4. The Morgan fingerprint density at radius 1 is 0.967 bits per heavy atom. The molecule has 30 heavy (non-hydrogen) atoms. The van der Waals surface area contributed by atoms with Gasteiger partial charge in [0.25, 0.3) is 5.91 Å². The van der Waals surface area contributed by atoms with Crippen molar-refractivity contribution in [3.63, 3.8) is 0 Å². The van der Waals surface area contributed by atoms with Crippen molar-refractivity contribution in [2.45, 2.75) is 26.1 Å². The van der Waals surface area contributed by atoms with E-state index in [1.807, 2.05) is 12.1 Å². The number of anilines is 1. The van der Waals surface area contributed by atoms with E-state index in [0.29, 0.717) is 11.3 Å². The summed E-state index contributed by atoms with van der Waals surface area (Å²) < 4.78 is 37.2. The van der Waals surface area contributed by atoms with Gasteiger partial charge in [-0.2, -0.15) is 13.2 Å². The summed E-state index contributed by atoms with van der Waals surface area (Å²) >= 11 is 0. The average Bonchev–Trinajstić information content (AvgIpc) is 2.80. The minimum atomic E-state index is -4.60. The number of fused-ring (bicyclic) bond motifs is 3. The molecule has 1 heterocycles. The van der Waals surface area contributed by atoms with Crippen molar-refractivity contribution in [3.8, 4) is 11.1 Å². The van der Waals surface area contributed by atoms with Crippen LogP contribution in [0.1, 0.15) is 25.5 Å². The lowest BCUT2D eigenvalue weighted by molar-refractivity contribution is -0.150. The molecule has 2 aromatic carbocycles. The topological polar surface area (TPSA) is 87.3 Å². The average molecular weight is 419 g/mol. The second-order valence-corrected chi connectivity index (χ2v) is 7.45. The van der Waals surface area contributed by atoms with Crippen LogP contribution >= 0.6 is 0 Å². The van der Waals surface area contributed by atoms with E-state index < -0.39 is 41.9 Å². The Kier molecular flexibility index (Phi) is 5.56. The minimum absolute atomic E-state index is 0.514. The fraction of sp³-hybridized carbons (Fsp3) is 0.286. The van der Waals surface area contributed by atoms with Gasteiger partial charge in [-0.25, -0.2) is 0 Å². The summed E-state index contributed by atoms with van der Waals surface area (Å²) in [4.78, 5) is 37.9. The number of carbonyl (C=O) groups excluding carboxylic acids is 3. The highest BCUT2D eigenvalue weighted by Crippen LogP contribution is 2.37. The fourth-order valence-corrected chi connectivity index (χ4v) is 3.13. The van der Waals surface area contributed by atoms with Gasteiger partial charge in [0.05, 0.1) is 0 Å². The molecule has 0 spiro atoms. The Morgan fingerprint density at radius 2 is 1.57 bits per heavy atom. The van der Waals surface area contributed by atoms with Crippen molar-refractivity contribution < 1.29 is 27.6 Å². The van der Waals surface area contributed by atoms with Crippen LogP contribution in [0.2, 0.25) is 0 Å². The van der Waals surface area contributed by atoms with Crippen molar-refractivity contribution in [2.75, 3.05) is 11.9 Å². The molecule has 0 saturated carbocycles. The number of hydrogen-bond acceptors (Lipinski definition) is 3. The highest BCUT2D eigenvalue weighted by molar-refractivity contribution is 6.08. The largest absolute Gasteiger partial charge is 0.405 e. The van der Waals surface area contributed by atoms with Gasteiger partial charge in [0.1, 0.15) is 18.0 Å². The second kappa shape index (κ2) is 7.81. The molecular weight excluding hydrogens is 399 g/mol. The van der Waals surface area contributed by atoms with Gasteiger partial charge >= 0.3 is 6.18 Å². The van der Waals surface area contributed by atoms with Gasteiger partial charge in [0.2, 0.25) is 11.8 Å². The number of rotatable bonds is 4. The predicted molar refractivity (Wildman–Crippen MR) is 104 cm³/mol. The summed E-state index contributed by atoms with van der Waals surface area (Å²) in [5.41, 5.74) is 0.727. The van der Waals surface area contributed by atoms with E-state index in [2.05, 4.69) is 10.6 Å². The van der Waals surface area contributed by atoms with Crippen LogP contribution in [0.15, 0.2) is 48.5 Å². The summed E-state index contributed by atoms with van der Waals surface area (Å²) in [7, 11) is 0. The molecule has 6 nitrogen and oxygen atoms in total. The van der Waals surface area contributed by atoms with Gasteiger partial charge in [-0.3, -0.25) is 14.4 Å². The second-order valence-electron chi connectivity index (χ2n) is 7.45. The third kappa shape index (κ3) is 4.29. The molecule has 0 saturated heterocycles. The Bertz CT molecular complexity index is 1000. The molecule has 0 aliphatic carbocycles. The van der Waals surface area contributed by atoms with Crippen molar-refractivity contribution in [2.24, 2.45) is 5.41 Å². The van der Waals surface area contributed by atoms with E-state index in [4.69, 9.17) is 0 Å². The smallest absolute Gasteiger partial charge is 0.346 e. The van der Waals surface area contributed by atoms with Crippen molar-refractivity contribution in [1.29, 1.82) is 0 Å². The lowest BCUT2D eigenvalue weighted by Crippen LogP contribution is -2.51. The minimum Gasteiger partial charge on any atom is -0.346 e. The van der Waals surface area contributed by atoms with Gasteiger partial charge in [0, 0.05) is 11.3 Å². The lowest BCUT2D eigenvalue weighted by atomic mass is 9.89. The van der Waals surface area contributed by atoms with Gasteiger partial charge in [0.15, 0.2) is 0 Å². The van der Waals surface area contributed by atoms with Crippen LogP contribution in [0.3, 0.4) is 0 Å². The zero-order chi connectivity index (χ0) is 22.1. The van der Waals surface area contributed by atoms with E-state index in [1.54, 1.807) is 41.7 Å². The van der Waals surface area contributed by atoms with E-state index in [1.165, 1.54) is 13.8 Å². The number of para-hydroxylation sites is 1. The number of alkyl halides is 3. The fourth-order valence-electron chi connectivity index (χ4n) is 3.13. The third-order valence-corrected chi connectivity index (χ3v) is 4.87. The highest BCUT2D eigenvalue weighted by Gasteiger charge is 2.41. The summed E-state index contributed by atoms with van der Waals surface area (Å²) in [6, 6.07) is 13.0. The number of amides is 3. The van der Waals surface area contributed by atoms with Crippen LogP contribution in [-0.2, 0) is 14.4 Å². The number of halogens is 3. The number of benzene rings is 2. The lowest BCUT2D eigenvalue weighted by Gasteiger charge is -2.26. The standard InChI is InChI=1S/C21H20F3N3O3/c1-20(2,18(29)25-11-21(22,23)24)19(30)27-16-14-9-4-3-7-12(14)13-8-5-6-10-15(13)26-17(16)28/h3-10,16H,11H2,1-2H3,(H,25,29)(H,26,28)(H,27,30)/t16-/m1/s1. The van der Waals surface area contributed by atoms with Crippen LogP contribution in [0.4, 0.5) is 18.9 Å². The maximum absolute atomic E-state index is 12.9. The monoisotopic (exact) mass is 419 g/mol. The summed E-state index contributed by atoms with van der Waals surface area (Å²) in [6.45, 7) is 0.844. The molecule has 0 aromatic heterocycles. The summed E-state index contributed by atoms with van der Waals surface area (Å²) in [6.07, 6.45) is -4.60. The molecule has 9 heteroatoms. The van der Waals surface area contributed by atoms with E-state index in [-0.39, 0.29) is 0 Å². The Balaban J connectivity index is 1.88. The molecule has 3 rings (SSSR count). The maximum Gasteiger partial charge on any atom is 0.405 e. The van der Waals surface area contributed by atoms with Crippen LogP contribution in [-0.4, -0.2) is 30.4 Å². The first-order valence-corrected chi connectivity index (χ1v) is 9.16. The molecule has 0 bridgehead atoms. The molecule has 3 N–H and O–H groups in total. The molecule has 0 radical (unpaired) electrons. The summed E-state index contributed by atoms with van der Waals surface area (Å²) in [5, 5.41) is 6.99. The van der Waals surface area contributed by atoms with Gasteiger partial charge in [-0.1, -0.05) is 42.5 Å². The van der Waals surface area contributed by atoms with Crippen molar-refractivity contribution in [1.82, 2.24) is 10.6 Å². The van der Waals surface area contributed by atoms with Crippen molar-refractivity contribution in [3.05, 3.63) is 54.1 Å². The predicted octanol–water partition coefficient (Wildman–Crippen LogP) is 3.17. The quantitative estimate of drug-likeness (QED) is 0.666. The van der Waals surface area contributed by atoms with Crippen LogP contribution in [0.25, 0.3) is 11.1 Å². The summed E-state index contributed by atoms with van der Waals surface area (Å²) in [5.74, 6) is -2.49. The van der Waals surface area contributed by atoms with Gasteiger partial charge in [-0.05, 0) is 31.0 Å². The maximum atomic E-state index is 12.9. The Morgan fingerprint density at radius 3 is 2.23 bits per heavy atom. The first-order valence-electron chi connectivity index (χ1n) is 9.16. The molecule has 1 aliphatic heterocycles. The normalized spacial score (nSPS) is 15.9. The van der Waals surface area contributed by atoms with Gasteiger partial charge < -0.3 is 16.0 Å². The first-order chi connectivity index (χ1) is 14.0. The SMILES string of the molecule is CC(C)(C(=O)NCC(F)(F)F)C(=O)N[C@H]1C(=O)Nc2ccccc2-c2ccccc21. The van der Waals surface area contributed by atoms with Crippen LogP contribution in [0.5, 0.6) is 0 Å². The van der Waals surface area contributed by atoms with Crippen LogP contribution in [0, 0.1) is 5.41 Å². The van der Waals surface area contributed by atoms with Gasteiger partial charge in [-0.15, -0.1) is 0 Å². The number of nitrogens with one attached hydrogen (secondary N) is 3. The Labute approximate surface area is 170 Å². The zero-order valence-electron chi connectivity index (χ0n) is 16.3. The van der Waals surface area contributed by atoms with E-state index >= 15 is 0 Å². The molecule has 0 fully saturated rings. The zero-order valence-corrected chi connectivity index (χ0v) is 16.3. The van der Waals surface area contributed by atoms with Crippen LogP contribution < -0.4 is 16.0 Å². The Hall–Kier alpha value is -3.36. The first kappa shape index (κ1) is 21.4. The molecular formula is C21H20F3N3O3. The molecule has 1 atom stereocenters. The van der Waals surface area contributed by atoms with E-state index in [9.17, 15) is 27.6 Å². The molecule has 158 valence electrons. The molecule has 2 aromatic rings. The van der Waals surface area contributed by atoms with Crippen molar-refractivity contribution >= 4 is 23.4 Å². The van der Waals surface area contributed by atoms with E-state index in [0.717, 1.165) is 11.1 Å². The molecule has 3 amide bonds. The molecule has 0 unspecified atom stereocenters. The number of hydrogen-bond donors (Lipinski definition) is 3. The third-order valence-electron chi connectivity index (χ3n) is 4.87. The molecule has 1 aliphatic rings. The number of carbonyl (C=O) groups is 3.